The van der Waals surface area contributed by atoms with Crippen LogP contribution in [0.15, 0.2) is 27.4 Å². The van der Waals surface area contributed by atoms with Gasteiger partial charge in [0.05, 0.1) is 25.9 Å². The van der Waals surface area contributed by atoms with Gasteiger partial charge in [-0.15, -0.1) is 0 Å². The molecule has 1 aromatic heterocycles. The van der Waals surface area contributed by atoms with Gasteiger partial charge in [0.1, 0.15) is 11.9 Å². The number of aliphatic hydroxyl groups is 2. The molecule has 2 N–H and O–H groups in total. The van der Waals surface area contributed by atoms with E-state index >= 15 is 0 Å². The van der Waals surface area contributed by atoms with E-state index in [4.69, 9.17) is 13.9 Å². The highest BCUT2D eigenvalue weighted by Gasteiger charge is 2.20. The lowest BCUT2D eigenvalue weighted by molar-refractivity contribution is 0.0286. The number of hydrogen-bond donors (Lipinski definition) is 2. The van der Waals surface area contributed by atoms with Gasteiger partial charge in [-0.05, 0) is 19.1 Å². The zero-order valence-corrected chi connectivity index (χ0v) is 11.4. The lowest BCUT2D eigenvalue weighted by Crippen LogP contribution is -2.21. The number of methoxy groups -OCH3 is 2. The molecule has 0 saturated carbocycles. The molecule has 20 heavy (non-hydrogen) atoms. The third kappa shape index (κ3) is 2.48. The standard InChI is InChI=1S/C14H16O6/c1-7(15)12(16)10-5-8-4-9(18-2)6-11(19-3)13(8)20-14(10)17/h4-7,12,15-16H,1-3H3/t7-,12-/m1/s1. The summed E-state index contributed by atoms with van der Waals surface area (Å²) in [5.41, 5.74) is -0.461. The molecule has 0 bridgehead atoms. The van der Waals surface area contributed by atoms with Crippen LogP contribution in [0.4, 0.5) is 0 Å². The van der Waals surface area contributed by atoms with E-state index in [1.165, 1.54) is 27.2 Å². The lowest BCUT2D eigenvalue weighted by Gasteiger charge is -2.14. The molecule has 1 aromatic carbocycles. The van der Waals surface area contributed by atoms with Crippen molar-refractivity contribution in [2.45, 2.75) is 19.1 Å². The van der Waals surface area contributed by atoms with Gasteiger partial charge < -0.3 is 24.1 Å². The molecule has 0 saturated heterocycles. The summed E-state index contributed by atoms with van der Waals surface area (Å²) in [4.78, 5) is 11.9. The highest BCUT2D eigenvalue weighted by molar-refractivity contribution is 5.84. The third-order valence-corrected chi connectivity index (χ3v) is 3.03. The highest BCUT2D eigenvalue weighted by Crippen LogP contribution is 2.31. The molecule has 0 radical (unpaired) electrons. The van der Waals surface area contributed by atoms with Crippen molar-refractivity contribution < 1.29 is 24.1 Å². The van der Waals surface area contributed by atoms with E-state index in [1.807, 2.05) is 0 Å². The predicted octanol–water partition coefficient (Wildman–Crippen LogP) is 1.22. The van der Waals surface area contributed by atoms with E-state index in [0.29, 0.717) is 16.9 Å². The Hall–Kier alpha value is -2.05. The Morgan fingerprint density at radius 1 is 1.15 bits per heavy atom. The van der Waals surface area contributed by atoms with E-state index in [-0.39, 0.29) is 11.1 Å². The largest absolute Gasteiger partial charge is 0.497 e. The fourth-order valence-electron chi connectivity index (χ4n) is 1.93. The first-order valence-corrected chi connectivity index (χ1v) is 6.03. The molecule has 0 spiro atoms. The first kappa shape index (κ1) is 14.4. The van der Waals surface area contributed by atoms with Gasteiger partial charge in [0.25, 0.3) is 0 Å². The monoisotopic (exact) mass is 280 g/mol. The highest BCUT2D eigenvalue weighted by atomic mass is 16.5. The quantitative estimate of drug-likeness (QED) is 0.819. The second-order valence-electron chi connectivity index (χ2n) is 4.42. The van der Waals surface area contributed by atoms with Gasteiger partial charge in [-0.25, -0.2) is 4.79 Å². The summed E-state index contributed by atoms with van der Waals surface area (Å²) in [7, 11) is 2.96. The summed E-state index contributed by atoms with van der Waals surface area (Å²) in [6.45, 7) is 1.39. The average Bonchev–Trinajstić information content (AvgIpc) is 2.44. The molecule has 0 fully saturated rings. The Bertz CT molecular complexity index is 673. The normalized spacial score (nSPS) is 14.1. The lowest BCUT2D eigenvalue weighted by atomic mass is 10.1. The number of aliphatic hydroxyl groups excluding tert-OH is 2. The predicted molar refractivity (Wildman–Crippen MR) is 72.2 cm³/mol. The maximum absolute atomic E-state index is 11.9. The number of hydrogen-bond acceptors (Lipinski definition) is 6. The number of fused-ring (bicyclic) bond motifs is 1. The topological polar surface area (TPSA) is 89.1 Å². The average molecular weight is 280 g/mol. The molecule has 2 atom stereocenters. The van der Waals surface area contributed by atoms with E-state index < -0.39 is 17.8 Å². The van der Waals surface area contributed by atoms with Crippen molar-refractivity contribution in [3.05, 3.63) is 34.2 Å². The van der Waals surface area contributed by atoms with Crippen LogP contribution in [-0.2, 0) is 0 Å². The first-order valence-electron chi connectivity index (χ1n) is 6.03. The molecular formula is C14H16O6. The second-order valence-corrected chi connectivity index (χ2v) is 4.42. The van der Waals surface area contributed by atoms with Crippen LogP contribution >= 0.6 is 0 Å². The third-order valence-electron chi connectivity index (χ3n) is 3.03. The van der Waals surface area contributed by atoms with Crippen LogP contribution in [0.1, 0.15) is 18.6 Å². The van der Waals surface area contributed by atoms with Gasteiger partial charge in [-0.3, -0.25) is 0 Å². The van der Waals surface area contributed by atoms with Crippen molar-refractivity contribution in [1.82, 2.24) is 0 Å². The van der Waals surface area contributed by atoms with Crippen LogP contribution in [0.5, 0.6) is 11.5 Å². The Balaban J connectivity index is 2.72. The van der Waals surface area contributed by atoms with Crippen molar-refractivity contribution in [2.24, 2.45) is 0 Å². The fourth-order valence-corrected chi connectivity index (χ4v) is 1.93. The minimum atomic E-state index is -1.31. The zero-order valence-electron chi connectivity index (χ0n) is 11.4. The van der Waals surface area contributed by atoms with Gasteiger partial charge in [-0.2, -0.15) is 0 Å². The van der Waals surface area contributed by atoms with Gasteiger partial charge in [0.2, 0.25) is 0 Å². The Morgan fingerprint density at radius 3 is 2.40 bits per heavy atom. The van der Waals surface area contributed by atoms with Crippen LogP contribution < -0.4 is 15.1 Å². The van der Waals surface area contributed by atoms with E-state index in [9.17, 15) is 15.0 Å². The molecule has 0 aliphatic carbocycles. The van der Waals surface area contributed by atoms with Crippen molar-refractivity contribution in [2.75, 3.05) is 14.2 Å². The summed E-state index contributed by atoms with van der Waals surface area (Å²) in [6, 6.07) is 4.71. The molecule has 1 heterocycles. The van der Waals surface area contributed by atoms with Crippen molar-refractivity contribution >= 4 is 11.0 Å². The minimum Gasteiger partial charge on any atom is -0.497 e. The Labute approximate surface area is 115 Å². The zero-order chi connectivity index (χ0) is 14.9. The maximum Gasteiger partial charge on any atom is 0.342 e. The Kier molecular flexibility index (Phi) is 3.96. The summed E-state index contributed by atoms with van der Waals surface area (Å²) in [5.74, 6) is 0.884. The SMILES string of the molecule is COc1cc(OC)c2oc(=O)c([C@H](O)[C@@H](C)O)cc2c1. The van der Waals surface area contributed by atoms with Crippen molar-refractivity contribution in [1.29, 1.82) is 0 Å². The molecule has 0 aliphatic rings. The molecule has 0 amide bonds. The molecule has 0 unspecified atom stereocenters. The van der Waals surface area contributed by atoms with E-state index in [0.717, 1.165) is 0 Å². The number of ether oxygens (including phenoxy) is 2. The summed E-state index contributed by atoms with van der Waals surface area (Å²) in [5, 5.41) is 19.7. The van der Waals surface area contributed by atoms with Crippen LogP contribution in [0.2, 0.25) is 0 Å². The molecule has 2 rings (SSSR count). The number of rotatable bonds is 4. The van der Waals surface area contributed by atoms with E-state index in [1.54, 1.807) is 12.1 Å². The summed E-state index contributed by atoms with van der Waals surface area (Å²) < 4.78 is 15.5. The molecule has 6 nitrogen and oxygen atoms in total. The van der Waals surface area contributed by atoms with Crippen LogP contribution in [0.3, 0.4) is 0 Å². The second kappa shape index (κ2) is 5.52. The molecular weight excluding hydrogens is 264 g/mol. The van der Waals surface area contributed by atoms with Crippen molar-refractivity contribution in [3.8, 4) is 11.5 Å². The van der Waals surface area contributed by atoms with E-state index in [2.05, 4.69) is 0 Å². The summed E-state index contributed by atoms with van der Waals surface area (Å²) in [6.07, 6.45) is -2.39. The van der Waals surface area contributed by atoms with Gasteiger partial charge >= 0.3 is 5.63 Å². The van der Waals surface area contributed by atoms with Crippen LogP contribution in [0, 0.1) is 0 Å². The van der Waals surface area contributed by atoms with Crippen molar-refractivity contribution in [3.63, 3.8) is 0 Å². The van der Waals surface area contributed by atoms with Gasteiger partial charge in [0, 0.05) is 11.5 Å². The van der Waals surface area contributed by atoms with Gasteiger partial charge in [0.15, 0.2) is 11.3 Å². The molecule has 108 valence electrons. The smallest absolute Gasteiger partial charge is 0.342 e. The Morgan fingerprint density at radius 2 is 1.85 bits per heavy atom. The van der Waals surface area contributed by atoms with Gasteiger partial charge in [-0.1, -0.05) is 0 Å². The fraction of sp³-hybridized carbons (Fsp3) is 0.357. The molecule has 0 aliphatic heterocycles. The minimum absolute atomic E-state index is 0.0113. The van der Waals surface area contributed by atoms with Crippen LogP contribution in [0.25, 0.3) is 11.0 Å². The summed E-state index contributed by atoms with van der Waals surface area (Å²) >= 11 is 0. The molecule has 2 aromatic rings. The number of benzene rings is 1. The molecule has 6 heteroatoms. The first-order chi connectivity index (χ1) is 9.47. The van der Waals surface area contributed by atoms with Crippen LogP contribution in [-0.4, -0.2) is 30.5 Å². The maximum atomic E-state index is 11.9.